The SMILES string of the molecule is CCCNC1CCC(C)(C)CC1N1CCC(CC)(CC)C1. The van der Waals surface area contributed by atoms with Gasteiger partial charge in [0.15, 0.2) is 0 Å². The Balaban J connectivity index is 2.05. The van der Waals surface area contributed by atoms with Gasteiger partial charge in [-0.05, 0) is 68.9 Å². The topological polar surface area (TPSA) is 15.3 Å². The van der Waals surface area contributed by atoms with E-state index < -0.39 is 0 Å². The van der Waals surface area contributed by atoms with Crippen molar-refractivity contribution in [2.75, 3.05) is 19.6 Å². The Bertz CT molecular complexity index is 320. The van der Waals surface area contributed by atoms with Gasteiger partial charge in [-0.25, -0.2) is 0 Å². The Morgan fingerprint density at radius 3 is 2.38 bits per heavy atom. The number of nitrogens with one attached hydrogen (secondary N) is 1. The first-order chi connectivity index (χ1) is 9.95. The summed E-state index contributed by atoms with van der Waals surface area (Å²) < 4.78 is 0. The van der Waals surface area contributed by atoms with Crippen LogP contribution in [0.1, 0.15) is 79.6 Å². The van der Waals surface area contributed by atoms with Crippen LogP contribution in [-0.2, 0) is 0 Å². The van der Waals surface area contributed by atoms with E-state index in [1.807, 2.05) is 0 Å². The van der Waals surface area contributed by atoms with Crippen molar-refractivity contribution in [1.82, 2.24) is 10.2 Å². The van der Waals surface area contributed by atoms with Gasteiger partial charge < -0.3 is 5.32 Å². The van der Waals surface area contributed by atoms with Crippen LogP contribution in [0.5, 0.6) is 0 Å². The third kappa shape index (κ3) is 4.01. The van der Waals surface area contributed by atoms with Gasteiger partial charge in [0.2, 0.25) is 0 Å². The van der Waals surface area contributed by atoms with E-state index in [4.69, 9.17) is 0 Å². The first-order valence-corrected chi connectivity index (χ1v) is 9.43. The molecule has 2 atom stereocenters. The molecule has 1 aliphatic heterocycles. The second kappa shape index (κ2) is 7.00. The molecular weight excluding hydrogens is 256 g/mol. The van der Waals surface area contributed by atoms with Gasteiger partial charge in [0.25, 0.3) is 0 Å². The number of rotatable bonds is 6. The molecule has 0 aromatic carbocycles. The third-order valence-electron chi connectivity index (χ3n) is 6.45. The van der Waals surface area contributed by atoms with Gasteiger partial charge in [0.05, 0.1) is 0 Å². The van der Waals surface area contributed by atoms with Crippen molar-refractivity contribution in [2.45, 2.75) is 91.6 Å². The van der Waals surface area contributed by atoms with Crippen molar-refractivity contribution in [3.63, 3.8) is 0 Å². The summed E-state index contributed by atoms with van der Waals surface area (Å²) in [6, 6.07) is 1.49. The molecule has 2 unspecified atom stereocenters. The fourth-order valence-corrected chi connectivity index (χ4v) is 4.58. The maximum absolute atomic E-state index is 3.86. The molecule has 0 spiro atoms. The van der Waals surface area contributed by atoms with Crippen molar-refractivity contribution in [2.24, 2.45) is 10.8 Å². The molecule has 21 heavy (non-hydrogen) atoms. The first kappa shape index (κ1) is 17.3. The molecule has 0 bridgehead atoms. The van der Waals surface area contributed by atoms with Gasteiger partial charge in [-0.1, -0.05) is 34.6 Å². The van der Waals surface area contributed by atoms with E-state index in [0.29, 0.717) is 10.8 Å². The van der Waals surface area contributed by atoms with Crippen LogP contribution in [0.15, 0.2) is 0 Å². The molecule has 1 saturated carbocycles. The number of hydrogen-bond donors (Lipinski definition) is 1. The summed E-state index contributed by atoms with van der Waals surface area (Å²) in [7, 11) is 0. The highest BCUT2D eigenvalue weighted by atomic mass is 15.2. The van der Waals surface area contributed by atoms with Crippen molar-refractivity contribution in [3.8, 4) is 0 Å². The molecule has 0 aromatic rings. The highest BCUT2D eigenvalue weighted by molar-refractivity contribution is 4.99. The Labute approximate surface area is 133 Å². The molecule has 1 aliphatic carbocycles. The fourth-order valence-electron chi connectivity index (χ4n) is 4.58. The van der Waals surface area contributed by atoms with Crippen LogP contribution in [0.3, 0.4) is 0 Å². The zero-order chi connectivity index (χ0) is 15.5. The Hall–Kier alpha value is -0.0800. The molecule has 124 valence electrons. The van der Waals surface area contributed by atoms with E-state index in [2.05, 4.69) is 44.8 Å². The minimum Gasteiger partial charge on any atom is -0.312 e. The smallest absolute Gasteiger partial charge is 0.0254 e. The average Bonchev–Trinajstić information content (AvgIpc) is 2.90. The third-order valence-corrected chi connectivity index (χ3v) is 6.45. The van der Waals surface area contributed by atoms with Crippen LogP contribution in [0, 0.1) is 10.8 Å². The molecule has 1 heterocycles. The van der Waals surface area contributed by atoms with Crippen LogP contribution < -0.4 is 5.32 Å². The maximum Gasteiger partial charge on any atom is 0.0254 e. The van der Waals surface area contributed by atoms with Gasteiger partial charge in [-0.15, -0.1) is 0 Å². The molecule has 1 N–H and O–H groups in total. The summed E-state index contributed by atoms with van der Waals surface area (Å²) in [5, 5.41) is 3.86. The van der Waals surface area contributed by atoms with Crippen molar-refractivity contribution >= 4 is 0 Å². The molecule has 2 aliphatic rings. The summed E-state index contributed by atoms with van der Waals surface area (Å²) in [5.41, 5.74) is 1.13. The molecule has 0 amide bonds. The minimum absolute atomic E-state index is 0.527. The summed E-state index contributed by atoms with van der Waals surface area (Å²) in [6.07, 6.45) is 9.48. The predicted molar refractivity (Wildman–Crippen MR) is 92.7 cm³/mol. The maximum atomic E-state index is 3.86. The van der Waals surface area contributed by atoms with Crippen molar-refractivity contribution in [3.05, 3.63) is 0 Å². The summed E-state index contributed by atoms with van der Waals surface area (Å²) in [4.78, 5) is 2.85. The van der Waals surface area contributed by atoms with E-state index in [-0.39, 0.29) is 0 Å². The summed E-state index contributed by atoms with van der Waals surface area (Å²) in [6.45, 7) is 15.9. The van der Waals surface area contributed by atoms with E-state index in [1.165, 1.54) is 64.6 Å². The van der Waals surface area contributed by atoms with Crippen molar-refractivity contribution < 1.29 is 0 Å². The number of nitrogens with zero attached hydrogens (tertiary/aromatic N) is 1. The second-order valence-corrected chi connectivity index (χ2v) is 8.46. The van der Waals surface area contributed by atoms with E-state index in [0.717, 1.165) is 12.1 Å². The molecular formula is C19H38N2. The lowest BCUT2D eigenvalue weighted by molar-refractivity contribution is 0.0709. The van der Waals surface area contributed by atoms with Gasteiger partial charge in [0, 0.05) is 18.6 Å². The van der Waals surface area contributed by atoms with Gasteiger partial charge in [0.1, 0.15) is 0 Å². The lowest BCUT2D eigenvalue weighted by Crippen LogP contribution is -2.54. The zero-order valence-corrected chi connectivity index (χ0v) is 15.2. The van der Waals surface area contributed by atoms with Crippen molar-refractivity contribution in [1.29, 1.82) is 0 Å². The van der Waals surface area contributed by atoms with Crippen LogP contribution in [0.25, 0.3) is 0 Å². The fraction of sp³-hybridized carbons (Fsp3) is 1.00. The van der Waals surface area contributed by atoms with Crippen LogP contribution >= 0.6 is 0 Å². The van der Waals surface area contributed by atoms with Crippen LogP contribution in [0.4, 0.5) is 0 Å². The average molecular weight is 295 g/mol. The van der Waals surface area contributed by atoms with Gasteiger partial charge in [-0.2, -0.15) is 0 Å². The minimum atomic E-state index is 0.527. The highest BCUT2D eigenvalue weighted by Crippen LogP contribution is 2.43. The van der Waals surface area contributed by atoms with E-state index in [1.54, 1.807) is 0 Å². The van der Waals surface area contributed by atoms with Gasteiger partial charge >= 0.3 is 0 Å². The zero-order valence-electron chi connectivity index (χ0n) is 15.2. The van der Waals surface area contributed by atoms with E-state index >= 15 is 0 Å². The predicted octanol–water partition coefficient (Wildman–Crippen LogP) is 4.45. The van der Waals surface area contributed by atoms with Crippen LogP contribution in [0.2, 0.25) is 0 Å². The van der Waals surface area contributed by atoms with E-state index in [9.17, 15) is 0 Å². The molecule has 2 nitrogen and oxygen atoms in total. The molecule has 1 saturated heterocycles. The number of hydrogen-bond acceptors (Lipinski definition) is 2. The lowest BCUT2D eigenvalue weighted by atomic mass is 9.72. The largest absolute Gasteiger partial charge is 0.312 e. The van der Waals surface area contributed by atoms with Crippen LogP contribution in [-0.4, -0.2) is 36.6 Å². The number of likely N-dealkylation sites (tertiary alicyclic amines) is 1. The Morgan fingerprint density at radius 1 is 1.10 bits per heavy atom. The Kier molecular flexibility index (Phi) is 5.76. The lowest BCUT2D eigenvalue weighted by Gasteiger charge is -2.46. The highest BCUT2D eigenvalue weighted by Gasteiger charge is 2.43. The quantitative estimate of drug-likeness (QED) is 0.779. The standard InChI is InChI=1S/C19H38N2/c1-6-12-20-16-9-10-18(4,5)14-17(16)21-13-11-19(7-2,8-3)15-21/h16-17,20H,6-15H2,1-5H3. The summed E-state index contributed by atoms with van der Waals surface area (Å²) in [5.74, 6) is 0. The second-order valence-electron chi connectivity index (χ2n) is 8.46. The molecule has 2 heteroatoms. The first-order valence-electron chi connectivity index (χ1n) is 9.43. The molecule has 0 radical (unpaired) electrons. The van der Waals surface area contributed by atoms with Gasteiger partial charge in [-0.3, -0.25) is 4.90 Å². The molecule has 2 rings (SSSR count). The molecule has 2 fully saturated rings. The summed E-state index contributed by atoms with van der Waals surface area (Å²) >= 11 is 0. The molecule has 0 aromatic heterocycles. The monoisotopic (exact) mass is 294 g/mol. The normalized spacial score (nSPS) is 32.4. The Morgan fingerprint density at radius 2 is 1.81 bits per heavy atom.